The second-order valence-corrected chi connectivity index (χ2v) is 4.73. The summed E-state index contributed by atoms with van der Waals surface area (Å²) in [4.78, 5) is 12.1. The van der Waals surface area contributed by atoms with E-state index >= 15 is 0 Å². The topological polar surface area (TPSA) is 26.3 Å². The highest BCUT2D eigenvalue weighted by atomic mass is 16.5. The molecule has 0 aliphatic heterocycles. The zero-order chi connectivity index (χ0) is 14.3. The van der Waals surface area contributed by atoms with Crippen molar-refractivity contribution >= 4 is 5.78 Å². The Balaban J connectivity index is 2.60. The first-order valence-corrected chi connectivity index (χ1v) is 6.55. The minimum Gasteiger partial charge on any atom is -0.497 e. The van der Waals surface area contributed by atoms with Crippen molar-refractivity contribution < 1.29 is 9.53 Å². The maximum atomic E-state index is 12.1. The summed E-state index contributed by atoms with van der Waals surface area (Å²) < 4.78 is 5.08. The first-order valence-electron chi connectivity index (χ1n) is 6.55. The molecule has 0 bridgehead atoms. The van der Waals surface area contributed by atoms with Gasteiger partial charge in [-0.1, -0.05) is 31.2 Å². The lowest BCUT2D eigenvalue weighted by molar-refractivity contribution is 0.0964. The minimum atomic E-state index is 0.176. The Morgan fingerprint density at radius 3 is 2.42 bits per heavy atom. The number of hydrogen-bond acceptors (Lipinski definition) is 2. The van der Waals surface area contributed by atoms with Gasteiger partial charge in [0, 0.05) is 12.0 Å². The SMILES string of the molecule is C=C/C(=C\C)CC(C)CC(=O)c1ccc(OC)cc1. The van der Waals surface area contributed by atoms with Crippen LogP contribution in [0.5, 0.6) is 5.75 Å². The average Bonchev–Trinajstić information content (AvgIpc) is 2.44. The van der Waals surface area contributed by atoms with Gasteiger partial charge < -0.3 is 4.74 Å². The van der Waals surface area contributed by atoms with Crippen LogP contribution in [0.15, 0.2) is 48.6 Å². The van der Waals surface area contributed by atoms with Crippen molar-refractivity contribution in [3.63, 3.8) is 0 Å². The maximum absolute atomic E-state index is 12.1. The highest BCUT2D eigenvalue weighted by Gasteiger charge is 2.12. The van der Waals surface area contributed by atoms with Crippen molar-refractivity contribution in [1.29, 1.82) is 0 Å². The van der Waals surface area contributed by atoms with Gasteiger partial charge in [0.15, 0.2) is 5.78 Å². The van der Waals surface area contributed by atoms with Crippen LogP contribution in [0.1, 0.15) is 37.0 Å². The molecule has 1 aromatic rings. The maximum Gasteiger partial charge on any atom is 0.163 e. The normalized spacial score (nSPS) is 12.9. The van der Waals surface area contributed by atoms with Crippen LogP contribution in [-0.4, -0.2) is 12.9 Å². The summed E-state index contributed by atoms with van der Waals surface area (Å²) in [6, 6.07) is 7.27. The van der Waals surface area contributed by atoms with Crippen LogP contribution in [0.2, 0.25) is 0 Å². The first-order chi connectivity index (χ1) is 9.10. The van der Waals surface area contributed by atoms with E-state index in [1.165, 1.54) is 5.57 Å². The lowest BCUT2D eigenvalue weighted by Gasteiger charge is -2.11. The molecule has 0 aliphatic carbocycles. The monoisotopic (exact) mass is 258 g/mol. The van der Waals surface area contributed by atoms with Crippen LogP contribution >= 0.6 is 0 Å². The summed E-state index contributed by atoms with van der Waals surface area (Å²) in [5.41, 5.74) is 1.93. The predicted octanol–water partition coefficient (Wildman–Crippen LogP) is 4.43. The van der Waals surface area contributed by atoms with Gasteiger partial charge in [-0.3, -0.25) is 4.79 Å². The Bertz CT molecular complexity index is 455. The fourth-order valence-corrected chi connectivity index (χ4v) is 2.00. The first kappa shape index (κ1) is 15.2. The van der Waals surface area contributed by atoms with Gasteiger partial charge in [-0.2, -0.15) is 0 Å². The molecule has 1 aromatic carbocycles. The number of benzene rings is 1. The summed E-state index contributed by atoms with van der Waals surface area (Å²) in [5, 5.41) is 0. The van der Waals surface area contributed by atoms with E-state index in [9.17, 15) is 4.79 Å². The fourth-order valence-electron chi connectivity index (χ4n) is 2.00. The number of methoxy groups -OCH3 is 1. The van der Waals surface area contributed by atoms with Crippen molar-refractivity contribution in [2.75, 3.05) is 7.11 Å². The standard InChI is InChI=1S/C17H22O2/c1-5-14(6-2)11-13(3)12-17(18)15-7-9-16(19-4)10-8-15/h5-10,13H,1,11-12H2,2-4H3/b14-6+. The second-order valence-electron chi connectivity index (χ2n) is 4.73. The number of hydrogen-bond donors (Lipinski definition) is 0. The molecule has 0 aromatic heterocycles. The van der Waals surface area contributed by atoms with E-state index < -0.39 is 0 Å². The molecule has 102 valence electrons. The van der Waals surface area contributed by atoms with Crippen molar-refractivity contribution in [3.05, 3.63) is 54.1 Å². The summed E-state index contributed by atoms with van der Waals surface area (Å²) in [7, 11) is 1.62. The molecule has 1 unspecified atom stereocenters. The van der Waals surface area contributed by atoms with Crippen molar-refractivity contribution in [2.45, 2.75) is 26.7 Å². The molecule has 2 heteroatoms. The van der Waals surface area contributed by atoms with Crippen molar-refractivity contribution in [1.82, 2.24) is 0 Å². The number of carbonyl (C=O) groups excluding carboxylic acids is 1. The van der Waals surface area contributed by atoms with Gasteiger partial charge in [0.05, 0.1) is 7.11 Å². The van der Waals surface area contributed by atoms with Gasteiger partial charge in [0.2, 0.25) is 0 Å². The number of Topliss-reactive ketones (excluding diaryl/α,β-unsaturated/α-hetero) is 1. The summed E-state index contributed by atoms with van der Waals surface area (Å²) >= 11 is 0. The van der Waals surface area contributed by atoms with Crippen LogP contribution < -0.4 is 4.74 Å². The molecule has 0 N–H and O–H groups in total. The van der Waals surface area contributed by atoms with E-state index in [-0.39, 0.29) is 5.78 Å². The van der Waals surface area contributed by atoms with Crippen LogP contribution in [0.4, 0.5) is 0 Å². The van der Waals surface area contributed by atoms with E-state index in [4.69, 9.17) is 4.74 Å². The molecule has 0 radical (unpaired) electrons. The van der Waals surface area contributed by atoms with Crippen LogP contribution in [0.3, 0.4) is 0 Å². The van der Waals surface area contributed by atoms with Crippen molar-refractivity contribution in [3.8, 4) is 5.75 Å². The smallest absolute Gasteiger partial charge is 0.163 e. The number of ether oxygens (including phenoxy) is 1. The van der Waals surface area contributed by atoms with E-state index in [0.717, 1.165) is 17.7 Å². The fraction of sp³-hybridized carbons (Fsp3) is 0.353. The molecular formula is C17H22O2. The Morgan fingerprint density at radius 2 is 1.95 bits per heavy atom. The van der Waals surface area contributed by atoms with E-state index in [1.807, 2.05) is 43.3 Å². The highest BCUT2D eigenvalue weighted by Crippen LogP contribution is 2.19. The zero-order valence-electron chi connectivity index (χ0n) is 12.0. The molecule has 1 rings (SSSR count). The second kappa shape index (κ2) is 7.57. The predicted molar refractivity (Wildman–Crippen MR) is 79.7 cm³/mol. The van der Waals surface area contributed by atoms with Gasteiger partial charge in [0.1, 0.15) is 5.75 Å². The molecule has 0 amide bonds. The van der Waals surface area contributed by atoms with E-state index in [2.05, 4.69) is 13.5 Å². The van der Waals surface area contributed by atoms with Gasteiger partial charge in [-0.25, -0.2) is 0 Å². The number of rotatable bonds is 7. The van der Waals surface area contributed by atoms with Crippen LogP contribution in [0.25, 0.3) is 0 Å². The highest BCUT2D eigenvalue weighted by molar-refractivity contribution is 5.96. The van der Waals surface area contributed by atoms with Crippen LogP contribution in [0, 0.1) is 5.92 Å². The molecular weight excluding hydrogens is 236 g/mol. The molecule has 0 fully saturated rings. The van der Waals surface area contributed by atoms with E-state index in [0.29, 0.717) is 12.3 Å². The third kappa shape index (κ3) is 4.74. The zero-order valence-corrected chi connectivity index (χ0v) is 12.0. The molecule has 0 aliphatic rings. The largest absolute Gasteiger partial charge is 0.497 e. The lowest BCUT2D eigenvalue weighted by Crippen LogP contribution is -2.06. The molecule has 0 heterocycles. The Labute approximate surface area is 115 Å². The average molecular weight is 258 g/mol. The molecule has 2 nitrogen and oxygen atoms in total. The number of carbonyl (C=O) groups is 1. The van der Waals surface area contributed by atoms with Crippen molar-refractivity contribution in [2.24, 2.45) is 5.92 Å². The quantitative estimate of drug-likeness (QED) is 0.534. The molecule has 0 saturated carbocycles. The van der Waals surface area contributed by atoms with Gasteiger partial charge in [-0.05, 0) is 43.5 Å². The Hall–Kier alpha value is -1.83. The molecule has 0 saturated heterocycles. The molecule has 19 heavy (non-hydrogen) atoms. The molecule has 0 spiro atoms. The van der Waals surface area contributed by atoms with E-state index in [1.54, 1.807) is 7.11 Å². The number of ketones is 1. The van der Waals surface area contributed by atoms with Gasteiger partial charge >= 0.3 is 0 Å². The summed E-state index contributed by atoms with van der Waals surface area (Å²) in [6.45, 7) is 7.86. The molecule has 1 atom stereocenters. The third-order valence-electron chi connectivity index (χ3n) is 3.16. The van der Waals surface area contributed by atoms with Crippen LogP contribution in [-0.2, 0) is 0 Å². The van der Waals surface area contributed by atoms with Gasteiger partial charge in [0.25, 0.3) is 0 Å². The minimum absolute atomic E-state index is 0.176. The summed E-state index contributed by atoms with van der Waals surface area (Å²) in [5.74, 6) is 1.26. The summed E-state index contributed by atoms with van der Waals surface area (Å²) in [6.07, 6.45) is 5.34. The van der Waals surface area contributed by atoms with Gasteiger partial charge in [-0.15, -0.1) is 0 Å². The third-order valence-corrected chi connectivity index (χ3v) is 3.16. The Kier molecular flexibility index (Phi) is 6.07. The Morgan fingerprint density at radius 1 is 1.32 bits per heavy atom. The lowest BCUT2D eigenvalue weighted by atomic mass is 9.93. The number of allylic oxidation sites excluding steroid dienone is 3.